The number of rotatable bonds is 6. The number of carbonyl (C=O) groups is 1. The van der Waals surface area contributed by atoms with Crippen molar-refractivity contribution in [2.45, 2.75) is 20.0 Å². The van der Waals surface area contributed by atoms with E-state index in [0.717, 1.165) is 6.29 Å². The van der Waals surface area contributed by atoms with Gasteiger partial charge in [-0.2, -0.15) is 0 Å². The van der Waals surface area contributed by atoms with Crippen LogP contribution in [0.4, 0.5) is 0 Å². The van der Waals surface area contributed by atoms with Crippen molar-refractivity contribution in [1.29, 1.82) is 0 Å². The van der Waals surface area contributed by atoms with Gasteiger partial charge in [-0.25, -0.2) is 0 Å². The number of hydrogen-bond donors (Lipinski definition) is 0. The lowest BCUT2D eigenvalue weighted by molar-refractivity contribution is -0.112. The molecule has 0 aromatic heterocycles. The minimum Gasteiger partial charge on any atom is -0.376 e. The van der Waals surface area contributed by atoms with E-state index in [4.69, 9.17) is 9.47 Å². The van der Waals surface area contributed by atoms with E-state index in [1.165, 1.54) is 0 Å². The lowest BCUT2D eigenvalue weighted by atomic mass is 10.5. The first-order valence-corrected chi connectivity index (χ1v) is 3.40. The molecule has 0 heterocycles. The SMILES string of the molecule is CC(C)OCCOCC=O. The number of hydrogen-bond acceptors (Lipinski definition) is 3. The topological polar surface area (TPSA) is 35.5 Å². The van der Waals surface area contributed by atoms with Gasteiger partial charge in [-0.3, -0.25) is 0 Å². The number of ether oxygens (including phenoxy) is 2. The van der Waals surface area contributed by atoms with Crippen LogP contribution in [0.15, 0.2) is 0 Å². The minimum atomic E-state index is 0.168. The predicted octanol–water partition coefficient (Wildman–Crippen LogP) is 0.627. The Hall–Kier alpha value is -0.410. The van der Waals surface area contributed by atoms with Crippen LogP contribution in [0.2, 0.25) is 0 Å². The highest BCUT2D eigenvalue weighted by atomic mass is 16.5. The summed E-state index contributed by atoms with van der Waals surface area (Å²) < 4.78 is 9.99. The lowest BCUT2D eigenvalue weighted by Crippen LogP contribution is -2.10. The van der Waals surface area contributed by atoms with Crippen molar-refractivity contribution in [3.8, 4) is 0 Å². The van der Waals surface area contributed by atoms with Crippen LogP contribution in [0, 0.1) is 0 Å². The van der Waals surface area contributed by atoms with E-state index in [0.29, 0.717) is 13.2 Å². The Labute approximate surface area is 61.3 Å². The van der Waals surface area contributed by atoms with E-state index >= 15 is 0 Å². The second kappa shape index (κ2) is 6.71. The lowest BCUT2D eigenvalue weighted by Gasteiger charge is -2.05. The molecule has 3 heteroatoms. The Bertz CT molecular complexity index is 80.9. The molecule has 0 aromatic carbocycles. The van der Waals surface area contributed by atoms with Crippen LogP contribution >= 0.6 is 0 Å². The fourth-order valence-corrected chi connectivity index (χ4v) is 0.474. The summed E-state index contributed by atoms with van der Waals surface area (Å²) in [6.45, 7) is 5.14. The molecule has 10 heavy (non-hydrogen) atoms. The summed E-state index contributed by atoms with van der Waals surface area (Å²) in [5.41, 5.74) is 0. The van der Waals surface area contributed by atoms with Crippen molar-refractivity contribution in [1.82, 2.24) is 0 Å². The predicted molar refractivity (Wildman–Crippen MR) is 38.0 cm³/mol. The summed E-state index contributed by atoms with van der Waals surface area (Å²) in [7, 11) is 0. The Morgan fingerprint density at radius 2 is 2.10 bits per heavy atom. The van der Waals surface area contributed by atoms with Gasteiger partial charge in [0.15, 0.2) is 0 Å². The largest absolute Gasteiger partial charge is 0.376 e. The molecule has 60 valence electrons. The summed E-state index contributed by atoms with van der Waals surface area (Å²) in [5.74, 6) is 0. The fraction of sp³-hybridized carbons (Fsp3) is 0.857. The van der Waals surface area contributed by atoms with E-state index < -0.39 is 0 Å². The molecule has 0 aliphatic rings. The molecule has 3 nitrogen and oxygen atoms in total. The Balaban J connectivity index is 2.83. The third-order valence-electron chi connectivity index (χ3n) is 0.865. The van der Waals surface area contributed by atoms with E-state index in [1.807, 2.05) is 13.8 Å². The molecule has 0 saturated heterocycles. The maximum atomic E-state index is 9.74. The van der Waals surface area contributed by atoms with Crippen LogP contribution in [0.25, 0.3) is 0 Å². The van der Waals surface area contributed by atoms with Crippen molar-refractivity contribution >= 4 is 6.29 Å². The van der Waals surface area contributed by atoms with Crippen molar-refractivity contribution in [3.05, 3.63) is 0 Å². The van der Waals surface area contributed by atoms with E-state index in [2.05, 4.69) is 0 Å². The van der Waals surface area contributed by atoms with Crippen molar-refractivity contribution in [2.24, 2.45) is 0 Å². The molecule has 0 saturated carbocycles. The molecule has 0 fully saturated rings. The molecular weight excluding hydrogens is 132 g/mol. The van der Waals surface area contributed by atoms with Gasteiger partial charge >= 0.3 is 0 Å². The molecule has 0 aromatic rings. The molecule has 0 unspecified atom stereocenters. The van der Waals surface area contributed by atoms with Gasteiger partial charge in [-0.1, -0.05) is 0 Å². The zero-order chi connectivity index (χ0) is 7.82. The van der Waals surface area contributed by atoms with Gasteiger partial charge in [-0.15, -0.1) is 0 Å². The minimum absolute atomic E-state index is 0.168. The molecule has 0 atom stereocenters. The monoisotopic (exact) mass is 146 g/mol. The molecule has 0 radical (unpaired) electrons. The molecule has 0 aliphatic heterocycles. The normalized spacial score (nSPS) is 10.3. The smallest absolute Gasteiger partial charge is 0.145 e. The van der Waals surface area contributed by atoms with Crippen molar-refractivity contribution in [2.75, 3.05) is 19.8 Å². The van der Waals surface area contributed by atoms with Gasteiger partial charge < -0.3 is 14.3 Å². The van der Waals surface area contributed by atoms with Gasteiger partial charge in [-0.05, 0) is 13.8 Å². The van der Waals surface area contributed by atoms with Crippen LogP contribution in [-0.4, -0.2) is 32.2 Å². The van der Waals surface area contributed by atoms with E-state index in [9.17, 15) is 4.79 Å². The quantitative estimate of drug-likeness (QED) is 0.407. The standard InChI is InChI=1S/C7H14O3/c1-7(2)10-6-5-9-4-3-8/h3,7H,4-6H2,1-2H3. The highest BCUT2D eigenvalue weighted by Gasteiger charge is 1.91. The molecule has 0 rings (SSSR count). The fourth-order valence-electron chi connectivity index (χ4n) is 0.474. The third kappa shape index (κ3) is 7.59. The summed E-state index contributed by atoms with van der Waals surface area (Å²) >= 11 is 0. The van der Waals surface area contributed by atoms with Crippen molar-refractivity contribution < 1.29 is 14.3 Å². The third-order valence-corrected chi connectivity index (χ3v) is 0.865. The first kappa shape index (κ1) is 9.59. The first-order chi connectivity index (χ1) is 4.77. The number of carbonyl (C=O) groups excluding carboxylic acids is 1. The van der Waals surface area contributed by atoms with Gasteiger partial charge in [0.1, 0.15) is 12.9 Å². The van der Waals surface area contributed by atoms with Crippen LogP contribution in [0.3, 0.4) is 0 Å². The second-order valence-electron chi connectivity index (χ2n) is 2.16. The Kier molecular flexibility index (Phi) is 6.43. The maximum Gasteiger partial charge on any atom is 0.145 e. The average molecular weight is 146 g/mol. The Morgan fingerprint density at radius 1 is 1.40 bits per heavy atom. The highest BCUT2D eigenvalue weighted by Crippen LogP contribution is 1.86. The van der Waals surface area contributed by atoms with Gasteiger partial charge in [0.25, 0.3) is 0 Å². The summed E-state index contributed by atoms with van der Waals surface area (Å²) in [6, 6.07) is 0. The van der Waals surface area contributed by atoms with E-state index in [1.54, 1.807) is 0 Å². The van der Waals surface area contributed by atoms with Crippen LogP contribution in [0.1, 0.15) is 13.8 Å². The summed E-state index contributed by atoms with van der Waals surface area (Å²) in [6.07, 6.45) is 0.967. The summed E-state index contributed by atoms with van der Waals surface area (Å²) in [4.78, 5) is 9.74. The van der Waals surface area contributed by atoms with Gasteiger partial charge in [0.2, 0.25) is 0 Å². The van der Waals surface area contributed by atoms with Gasteiger partial charge in [0.05, 0.1) is 19.3 Å². The molecule has 0 bridgehead atoms. The highest BCUT2D eigenvalue weighted by molar-refractivity contribution is 5.50. The molecule has 0 amide bonds. The van der Waals surface area contributed by atoms with Crippen LogP contribution in [0.5, 0.6) is 0 Å². The first-order valence-electron chi connectivity index (χ1n) is 3.40. The Morgan fingerprint density at radius 3 is 2.60 bits per heavy atom. The molecule has 0 spiro atoms. The average Bonchev–Trinajstić information content (AvgIpc) is 1.87. The molecule has 0 N–H and O–H groups in total. The maximum absolute atomic E-state index is 9.74. The van der Waals surface area contributed by atoms with E-state index in [-0.39, 0.29) is 12.7 Å². The zero-order valence-electron chi connectivity index (χ0n) is 6.50. The van der Waals surface area contributed by atoms with Crippen LogP contribution in [-0.2, 0) is 14.3 Å². The number of aldehydes is 1. The van der Waals surface area contributed by atoms with Crippen LogP contribution < -0.4 is 0 Å². The zero-order valence-corrected chi connectivity index (χ0v) is 6.50. The second-order valence-corrected chi connectivity index (χ2v) is 2.16. The molecule has 0 aliphatic carbocycles. The molecular formula is C7H14O3. The summed E-state index contributed by atoms with van der Waals surface area (Å²) in [5, 5.41) is 0. The van der Waals surface area contributed by atoms with Crippen molar-refractivity contribution in [3.63, 3.8) is 0 Å². The van der Waals surface area contributed by atoms with Gasteiger partial charge in [0, 0.05) is 0 Å².